The van der Waals surface area contributed by atoms with Gasteiger partial charge in [-0.1, -0.05) is 0 Å². The molecule has 2 radical (unpaired) electrons. The maximum atomic E-state index is 9.87. The quantitative estimate of drug-likeness (QED) is 0.306. The van der Waals surface area contributed by atoms with E-state index in [0.717, 1.165) is 0 Å². The molecule has 0 aliphatic carbocycles. The number of carbonyl (C=O) groups excluding carboxylic acids is 1. The van der Waals surface area contributed by atoms with Gasteiger partial charge in [0, 0.05) is 0 Å². The first kappa shape index (κ1) is 14.9. The molecule has 0 aromatic heterocycles. The zero-order valence-corrected chi connectivity index (χ0v) is 12.3. The fraction of sp³-hybridized carbons (Fsp3) is 0.833. The van der Waals surface area contributed by atoms with Gasteiger partial charge in [0.25, 0.3) is 0 Å². The Morgan fingerprint density at radius 2 is 1.50 bits per heavy atom. The molecule has 0 heterocycles. The van der Waals surface area contributed by atoms with Gasteiger partial charge in [-0.2, -0.15) is 0 Å². The minimum atomic E-state index is -1.65. The maximum absolute atomic E-state index is 9.87. The fourth-order valence-electron chi connectivity index (χ4n) is 0.568. The van der Waals surface area contributed by atoms with Crippen molar-refractivity contribution in [3.05, 3.63) is 0 Å². The van der Waals surface area contributed by atoms with Gasteiger partial charge in [0.15, 0.2) is 6.29 Å². The zero-order valence-electron chi connectivity index (χ0n) is 6.79. The van der Waals surface area contributed by atoms with E-state index in [4.69, 9.17) is 20.4 Å². The number of rotatable bonds is 4. The molecule has 0 fully saturated rings. The third-order valence-corrected chi connectivity index (χ3v) is 1.33. The molecule has 0 aliphatic rings. The van der Waals surface area contributed by atoms with Gasteiger partial charge >= 0.3 is 27.3 Å². The van der Waals surface area contributed by atoms with E-state index < -0.39 is 24.4 Å². The van der Waals surface area contributed by atoms with Crippen molar-refractivity contribution >= 4 is 33.6 Å². The van der Waals surface area contributed by atoms with Crippen molar-refractivity contribution < 1.29 is 25.2 Å². The minimum absolute atomic E-state index is 0. The van der Waals surface area contributed by atoms with E-state index in [1.807, 2.05) is 0 Å². The van der Waals surface area contributed by atoms with Crippen LogP contribution in [0.5, 0.6) is 0 Å². The molecule has 0 saturated heterocycles. The summed E-state index contributed by atoms with van der Waals surface area (Å²) in [6.45, 7) is 1.24. The summed E-state index contributed by atoms with van der Waals surface area (Å²) in [5.41, 5.74) is 0. The molecule has 0 bridgehead atoms. The van der Waals surface area contributed by atoms with Crippen LogP contribution in [0.4, 0.5) is 0 Å². The molecule has 6 heteroatoms. The van der Waals surface area contributed by atoms with Crippen LogP contribution in [0.2, 0.25) is 0 Å². The number of carbonyl (C=O) groups is 1. The van der Waals surface area contributed by atoms with Crippen LogP contribution in [0.3, 0.4) is 0 Å². The van der Waals surface area contributed by atoms with Gasteiger partial charge in [-0.05, 0) is 6.92 Å². The van der Waals surface area contributed by atoms with Crippen molar-refractivity contribution in [1.29, 1.82) is 0 Å². The Balaban J connectivity index is 0. The van der Waals surface area contributed by atoms with Crippen LogP contribution in [0.15, 0.2) is 0 Å². The van der Waals surface area contributed by atoms with E-state index in [-0.39, 0.29) is 33.6 Å². The summed E-state index contributed by atoms with van der Waals surface area (Å²) in [5.74, 6) is 0. The van der Waals surface area contributed by atoms with E-state index >= 15 is 0 Å². The monoisotopic (exact) mass is 374 g/mol. The van der Waals surface area contributed by atoms with Crippen molar-refractivity contribution in [1.82, 2.24) is 0 Å². The van der Waals surface area contributed by atoms with Crippen LogP contribution >= 0.6 is 0 Å². The third kappa shape index (κ3) is 4.46. The van der Waals surface area contributed by atoms with Gasteiger partial charge in [-0.3, -0.25) is 0 Å². The van der Waals surface area contributed by atoms with Crippen molar-refractivity contribution in [2.24, 2.45) is 0 Å². The molecule has 0 amide bonds. The van der Waals surface area contributed by atoms with Crippen LogP contribution in [0, 0.1) is 0 Å². The van der Waals surface area contributed by atoms with E-state index in [1.54, 1.807) is 0 Å². The normalized spacial score (nSPS) is 20.1. The second kappa shape index (κ2) is 6.90. The van der Waals surface area contributed by atoms with Crippen molar-refractivity contribution in [2.45, 2.75) is 31.3 Å². The number of hydrogen-bond acceptors (Lipinski definition) is 5. The molecule has 4 N–H and O–H groups in total. The molecule has 0 aromatic rings. The fourth-order valence-corrected chi connectivity index (χ4v) is 0.568. The molecule has 5 nitrogen and oxygen atoms in total. The Bertz CT molecular complexity index is 129. The summed E-state index contributed by atoms with van der Waals surface area (Å²) in [4.78, 5) is 9.87. The van der Waals surface area contributed by atoms with Gasteiger partial charge < -0.3 is 25.2 Å². The predicted octanol–water partition coefficient (Wildman–Crippen LogP) is -3.27. The van der Waals surface area contributed by atoms with E-state index in [1.165, 1.54) is 6.92 Å². The Labute approximate surface area is 90.2 Å². The second-order valence-electron chi connectivity index (χ2n) is 2.35. The molecule has 0 spiro atoms. The van der Waals surface area contributed by atoms with E-state index in [9.17, 15) is 4.79 Å². The van der Waals surface area contributed by atoms with Crippen LogP contribution in [-0.2, 0) is 4.79 Å². The Hall–Kier alpha value is 0.432. The number of hydrogen-bond donors (Lipinski definition) is 4. The summed E-state index contributed by atoms with van der Waals surface area (Å²) < 4.78 is 0. The average molecular weight is 373 g/mol. The summed E-state index contributed by atoms with van der Waals surface area (Å²) in [6, 6.07) is 0. The molecule has 12 heavy (non-hydrogen) atoms. The van der Waals surface area contributed by atoms with Crippen LogP contribution in [0.1, 0.15) is 6.92 Å². The first-order chi connectivity index (χ1) is 5.00. The van der Waals surface area contributed by atoms with Gasteiger partial charge in [-0.15, -0.1) is 0 Å². The molecule has 4 atom stereocenters. The first-order valence-electron chi connectivity index (χ1n) is 3.18. The molecule has 0 saturated carbocycles. The zero-order chi connectivity index (χ0) is 9.02. The molecule has 0 unspecified atom stereocenters. The third-order valence-electron chi connectivity index (χ3n) is 1.33. The molecular formula is C6H14O5Pb. The average Bonchev–Trinajstić information content (AvgIpc) is 2.00. The topological polar surface area (TPSA) is 98.0 Å². The van der Waals surface area contributed by atoms with Crippen molar-refractivity contribution in [2.75, 3.05) is 0 Å². The Kier molecular flexibility index (Phi) is 8.58. The van der Waals surface area contributed by atoms with Gasteiger partial charge in [0.1, 0.15) is 18.3 Å². The van der Waals surface area contributed by atoms with Gasteiger partial charge in [0.05, 0.1) is 6.10 Å². The molecule has 0 aliphatic heterocycles. The summed E-state index contributed by atoms with van der Waals surface area (Å²) in [6.07, 6.45) is -5.88. The van der Waals surface area contributed by atoms with E-state index in [0.29, 0.717) is 0 Å². The summed E-state index contributed by atoms with van der Waals surface area (Å²) in [7, 11) is 0. The van der Waals surface area contributed by atoms with Crippen LogP contribution in [0.25, 0.3) is 0 Å². The van der Waals surface area contributed by atoms with Gasteiger partial charge in [0.2, 0.25) is 0 Å². The standard InChI is InChI=1S/C6H12O5.Pb.2H/c1-3(8)5(10)6(11)4(9)2-7;;;/h2-6,8-11H,1H3;;;/t3-,4-,5-,6-;;;/m0.../s1. The second-order valence-corrected chi connectivity index (χ2v) is 2.35. The van der Waals surface area contributed by atoms with Crippen molar-refractivity contribution in [3.63, 3.8) is 0 Å². The molecule has 0 aromatic carbocycles. The van der Waals surface area contributed by atoms with Crippen molar-refractivity contribution in [3.8, 4) is 0 Å². The summed E-state index contributed by atoms with van der Waals surface area (Å²) >= 11 is 0. The van der Waals surface area contributed by atoms with Crippen LogP contribution < -0.4 is 0 Å². The Morgan fingerprint density at radius 3 is 1.75 bits per heavy atom. The van der Waals surface area contributed by atoms with E-state index in [2.05, 4.69) is 0 Å². The molecule has 72 valence electrons. The SMILES string of the molecule is C[C@H](O)[C@H](O)[C@@H](O)[C@@H](O)C=O.[PbH2]. The first-order valence-corrected chi connectivity index (χ1v) is 3.18. The molecule has 0 rings (SSSR count). The van der Waals surface area contributed by atoms with Crippen LogP contribution in [-0.4, -0.2) is 78.4 Å². The molecular weight excluding hydrogens is 359 g/mol. The van der Waals surface area contributed by atoms with Gasteiger partial charge in [-0.25, -0.2) is 0 Å². The number of aliphatic hydroxyl groups is 4. The number of aliphatic hydroxyl groups excluding tert-OH is 4. The number of aldehydes is 1. The Morgan fingerprint density at radius 1 is 1.08 bits per heavy atom. The predicted molar refractivity (Wildman–Crippen MR) is 44.3 cm³/mol. The summed E-state index contributed by atoms with van der Waals surface area (Å²) in [5, 5.41) is 35.1.